The van der Waals surface area contributed by atoms with Crippen LogP contribution in [0, 0.1) is 10.1 Å². The molecule has 0 spiro atoms. The lowest BCUT2D eigenvalue weighted by Gasteiger charge is -2.27. The molecule has 1 fully saturated rings. The highest BCUT2D eigenvalue weighted by Gasteiger charge is 2.43. The minimum Gasteiger partial charge on any atom is -0.467 e. The van der Waals surface area contributed by atoms with Crippen LogP contribution in [0.2, 0.25) is 0 Å². The van der Waals surface area contributed by atoms with Crippen molar-refractivity contribution >= 4 is 12.1 Å². The van der Waals surface area contributed by atoms with Crippen molar-refractivity contribution in [3.8, 4) is 0 Å². The molecule has 1 amide bonds. The molecule has 0 N–H and O–H groups in total. The van der Waals surface area contributed by atoms with Crippen molar-refractivity contribution in [2.75, 3.05) is 13.7 Å². The number of hydrogen-bond acceptors (Lipinski definition) is 7. The number of methoxy groups -OCH3 is 1. The number of hydrogen-bond donors (Lipinski definition) is 0. The van der Waals surface area contributed by atoms with Crippen molar-refractivity contribution in [3.05, 3.63) is 10.1 Å². The van der Waals surface area contributed by atoms with E-state index in [0.29, 0.717) is 0 Å². The summed E-state index contributed by atoms with van der Waals surface area (Å²) in [5.41, 5.74) is -0.736. The Morgan fingerprint density at radius 1 is 1.35 bits per heavy atom. The molecule has 0 bridgehead atoms. The number of esters is 1. The molecule has 1 rings (SSSR count). The molecule has 20 heavy (non-hydrogen) atoms. The van der Waals surface area contributed by atoms with E-state index in [0.717, 1.165) is 4.90 Å². The van der Waals surface area contributed by atoms with E-state index in [4.69, 9.17) is 4.74 Å². The van der Waals surface area contributed by atoms with E-state index >= 15 is 0 Å². The number of nitrogens with zero attached hydrogens (tertiary/aromatic N) is 2. The van der Waals surface area contributed by atoms with Crippen LogP contribution in [0.4, 0.5) is 4.79 Å². The van der Waals surface area contributed by atoms with Gasteiger partial charge in [-0.25, -0.2) is 9.59 Å². The highest BCUT2D eigenvalue weighted by molar-refractivity contribution is 5.82. The smallest absolute Gasteiger partial charge is 0.411 e. The van der Waals surface area contributed by atoms with Crippen LogP contribution < -0.4 is 0 Å². The number of amides is 1. The molecule has 1 heterocycles. The quantitative estimate of drug-likeness (QED) is 0.428. The first-order valence-electron chi connectivity index (χ1n) is 6.02. The van der Waals surface area contributed by atoms with E-state index < -0.39 is 34.9 Å². The zero-order valence-corrected chi connectivity index (χ0v) is 11.8. The van der Waals surface area contributed by atoms with Crippen LogP contribution in [-0.4, -0.2) is 53.5 Å². The molecule has 1 aliphatic rings. The molecule has 0 saturated carbocycles. The molecule has 9 heteroatoms. The fourth-order valence-corrected chi connectivity index (χ4v) is 1.88. The molecule has 1 unspecified atom stereocenters. The zero-order valence-electron chi connectivity index (χ0n) is 11.8. The summed E-state index contributed by atoms with van der Waals surface area (Å²) in [5.74, 6) is -0.662. The highest BCUT2D eigenvalue weighted by atomic mass is 17.0. The SMILES string of the molecule is COC(=O)[C@@H]1CC(O[N+](=O)[O-])CN1C(=O)OC(C)(C)C. The Kier molecular flexibility index (Phi) is 4.74. The summed E-state index contributed by atoms with van der Waals surface area (Å²) in [6, 6.07) is -0.945. The fourth-order valence-electron chi connectivity index (χ4n) is 1.88. The lowest BCUT2D eigenvalue weighted by molar-refractivity contribution is -0.767. The van der Waals surface area contributed by atoms with Gasteiger partial charge in [-0.2, -0.15) is 0 Å². The molecule has 114 valence electrons. The summed E-state index contributed by atoms with van der Waals surface area (Å²) in [7, 11) is 1.18. The zero-order chi connectivity index (χ0) is 15.5. The highest BCUT2D eigenvalue weighted by Crippen LogP contribution is 2.24. The van der Waals surface area contributed by atoms with Gasteiger partial charge >= 0.3 is 12.1 Å². The minimum absolute atomic E-state index is 0.00705. The maximum atomic E-state index is 12.0. The van der Waals surface area contributed by atoms with Gasteiger partial charge in [-0.05, 0) is 20.8 Å². The van der Waals surface area contributed by atoms with Crippen LogP contribution >= 0.6 is 0 Å². The molecule has 9 nitrogen and oxygen atoms in total. The Morgan fingerprint density at radius 3 is 2.40 bits per heavy atom. The monoisotopic (exact) mass is 290 g/mol. The first kappa shape index (κ1) is 16.0. The third-order valence-corrected chi connectivity index (χ3v) is 2.60. The van der Waals surface area contributed by atoms with E-state index in [2.05, 4.69) is 9.57 Å². The van der Waals surface area contributed by atoms with Crippen LogP contribution in [-0.2, 0) is 19.1 Å². The topological polar surface area (TPSA) is 108 Å². The minimum atomic E-state index is -0.947. The van der Waals surface area contributed by atoms with Crippen molar-refractivity contribution in [3.63, 3.8) is 0 Å². The molecular weight excluding hydrogens is 272 g/mol. The number of rotatable bonds is 3. The summed E-state index contributed by atoms with van der Waals surface area (Å²) < 4.78 is 9.74. The van der Waals surface area contributed by atoms with Crippen molar-refractivity contribution in [1.82, 2.24) is 4.90 Å². The average molecular weight is 290 g/mol. The maximum absolute atomic E-state index is 12.0. The van der Waals surface area contributed by atoms with E-state index in [-0.39, 0.29) is 13.0 Å². The van der Waals surface area contributed by atoms with Crippen molar-refractivity contribution < 1.29 is 29.0 Å². The molecule has 1 saturated heterocycles. The van der Waals surface area contributed by atoms with E-state index in [1.54, 1.807) is 20.8 Å². The van der Waals surface area contributed by atoms with E-state index in [9.17, 15) is 19.7 Å². The molecule has 2 atom stereocenters. The number of carbonyl (C=O) groups excluding carboxylic acids is 2. The normalized spacial score (nSPS) is 22.3. The van der Waals surface area contributed by atoms with Crippen LogP contribution in [0.5, 0.6) is 0 Å². The van der Waals surface area contributed by atoms with Crippen molar-refractivity contribution in [2.24, 2.45) is 0 Å². The first-order valence-corrected chi connectivity index (χ1v) is 6.02. The predicted molar refractivity (Wildman–Crippen MR) is 65.2 cm³/mol. The third kappa shape index (κ3) is 4.25. The molecule has 0 aliphatic carbocycles. The average Bonchev–Trinajstić information content (AvgIpc) is 2.68. The standard InChI is InChI=1S/C11H18N2O7/c1-11(2,3)19-10(15)12-6-7(20-13(16)17)5-8(12)9(14)18-4/h7-8H,5-6H2,1-4H3/t7?,8-/m0/s1. The summed E-state index contributed by atoms with van der Waals surface area (Å²) in [4.78, 5) is 39.5. The molecule has 0 radical (unpaired) electrons. The Morgan fingerprint density at radius 2 is 1.95 bits per heavy atom. The van der Waals surface area contributed by atoms with Gasteiger partial charge in [-0.3, -0.25) is 4.90 Å². The van der Waals surface area contributed by atoms with E-state index in [1.807, 2.05) is 0 Å². The summed E-state index contributed by atoms with van der Waals surface area (Å²) in [6.07, 6.45) is -1.61. The Bertz CT molecular complexity index is 404. The van der Waals surface area contributed by atoms with Gasteiger partial charge in [0.2, 0.25) is 0 Å². The van der Waals surface area contributed by atoms with Gasteiger partial charge in [0.05, 0.1) is 13.7 Å². The van der Waals surface area contributed by atoms with Gasteiger partial charge < -0.3 is 14.3 Å². The number of likely N-dealkylation sites (tertiary alicyclic amines) is 1. The van der Waals surface area contributed by atoms with Gasteiger partial charge in [0.15, 0.2) is 0 Å². The van der Waals surface area contributed by atoms with Crippen molar-refractivity contribution in [1.29, 1.82) is 0 Å². The summed E-state index contributed by atoms with van der Waals surface area (Å²) in [5, 5.41) is 9.39. The first-order chi connectivity index (χ1) is 9.14. The fraction of sp³-hybridized carbons (Fsp3) is 0.818. The third-order valence-electron chi connectivity index (χ3n) is 2.60. The van der Waals surface area contributed by atoms with Crippen LogP contribution in [0.15, 0.2) is 0 Å². The van der Waals surface area contributed by atoms with Gasteiger partial charge in [0.1, 0.15) is 17.7 Å². The Hall–Kier alpha value is -2.06. The van der Waals surface area contributed by atoms with Crippen LogP contribution in [0.1, 0.15) is 27.2 Å². The van der Waals surface area contributed by atoms with Gasteiger partial charge in [0, 0.05) is 6.42 Å². The number of carbonyl (C=O) groups is 2. The summed E-state index contributed by atoms with van der Waals surface area (Å²) in [6.45, 7) is 4.94. The largest absolute Gasteiger partial charge is 0.467 e. The van der Waals surface area contributed by atoms with Gasteiger partial charge in [0.25, 0.3) is 5.09 Å². The number of ether oxygens (including phenoxy) is 2. The van der Waals surface area contributed by atoms with E-state index in [1.165, 1.54) is 7.11 Å². The maximum Gasteiger partial charge on any atom is 0.411 e. The second kappa shape index (κ2) is 5.93. The molecular formula is C11H18N2O7. The van der Waals surface area contributed by atoms with Gasteiger partial charge in [-0.1, -0.05) is 0 Å². The molecule has 0 aromatic heterocycles. The predicted octanol–water partition coefficient (Wildman–Crippen LogP) is 0.746. The van der Waals surface area contributed by atoms with Gasteiger partial charge in [-0.15, -0.1) is 10.1 Å². The Balaban J connectivity index is 2.81. The second-order valence-corrected chi connectivity index (χ2v) is 5.36. The second-order valence-electron chi connectivity index (χ2n) is 5.36. The molecule has 0 aromatic carbocycles. The lowest BCUT2D eigenvalue weighted by atomic mass is 10.2. The van der Waals surface area contributed by atoms with Crippen LogP contribution in [0.25, 0.3) is 0 Å². The lowest BCUT2D eigenvalue weighted by Crippen LogP contribution is -2.44. The summed E-state index contributed by atoms with van der Waals surface area (Å²) >= 11 is 0. The van der Waals surface area contributed by atoms with Crippen LogP contribution in [0.3, 0.4) is 0 Å². The van der Waals surface area contributed by atoms with Crippen molar-refractivity contribution in [2.45, 2.75) is 44.9 Å². The Labute approximate surface area is 115 Å². The molecule has 1 aliphatic heterocycles. The molecule has 0 aromatic rings.